The first kappa shape index (κ1) is 55.2. The standard InChI is InChI=1S/C16H25IO2.C14H21IO.C2H6.H2O5P2.H5P3.H4P2/c1-15(2,3)10-16(4,5)12-7-8-14(13(17)9-12)19-11-18-6;1-13(2,3)9-14(4,5)10-6-7-12(16)11(15)8-10;1-2;1-6(2)7(3,4)5;1-3-2;1-2/h7-9H,10-11H2,1-6H3;6-8,16H,9H2,1-5H3;1-2H3;(H2,3,4,5);3H,1-2H2;1-2H2/i;;1D;;;. The van der Waals surface area contributed by atoms with Crippen LogP contribution in [0.3, 0.4) is 0 Å². The minimum Gasteiger partial charge on any atom is -0.588 e. The molecule has 0 aliphatic heterocycles. The smallest absolute Gasteiger partial charge is 0.561 e. The molecule has 0 saturated heterocycles. The van der Waals surface area contributed by atoms with Gasteiger partial charge in [-0.2, -0.15) is 0 Å². The molecule has 0 aromatic heterocycles. The predicted molar refractivity (Wildman–Crippen MR) is 245 cm³/mol. The second-order valence-electron chi connectivity index (χ2n) is 14.0. The van der Waals surface area contributed by atoms with E-state index in [9.17, 15) is 19.1 Å². The SMILES string of the molecule is CC(C)(C)CC(C)(C)c1ccc(O)c(I)c1.COCOc1ccc(C(C)(C)CC(C)(C)C)cc1I.O=[P+]([O-])P(=O)(O)O.PP.PPP.[2H]CC. The van der Waals surface area contributed by atoms with E-state index in [0.717, 1.165) is 33.7 Å². The van der Waals surface area contributed by atoms with Crippen LogP contribution in [0.25, 0.3) is 0 Å². The van der Waals surface area contributed by atoms with E-state index in [2.05, 4.69) is 168 Å². The summed E-state index contributed by atoms with van der Waals surface area (Å²) in [5.41, 5.74) is 3.60. The van der Waals surface area contributed by atoms with Gasteiger partial charge in [-0.15, -0.1) is 35.7 Å². The maximum absolute atomic E-state index is 9.53. The zero-order valence-corrected chi connectivity index (χ0v) is 42.9. The van der Waals surface area contributed by atoms with Crippen molar-refractivity contribution >= 4 is 104 Å². The number of methoxy groups -OCH3 is 1. The topological polar surface area (TPSA) is 136 Å². The van der Waals surface area contributed by atoms with Gasteiger partial charge < -0.3 is 19.5 Å². The monoisotopic (exact) mass is 1050 g/mol. The van der Waals surface area contributed by atoms with Crippen molar-refractivity contribution in [3.8, 4) is 11.5 Å². The zero-order chi connectivity index (χ0) is 40.7. The van der Waals surface area contributed by atoms with Gasteiger partial charge in [-0.1, -0.05) is 108 Å². The first-order valence-electron chi connectivity index (χ1n) is 15.7. The van der Waals surface area contributed by atoms with Gasteiger partial charge in [0.1, 0.15) is 11.5 Å². The van der Waals surface area contributed by atoms with Crippen LogP contribution >= 0.6 is 104 Å². The van der Waals surface area contributed by atoms with Crippen LogP contribution in [0.2, 0.25) is 0 Å². The summed E-state index contributed by atoms with van der Waals surface area (Å²) in [6, 6.07) is 12.3. The van der Waals surface area contributed by atoms with Gasteiger partial charge in [-0.05, 0) is 115 Å². The second-order valence-corrected chi connectivity index (χ2v) is 24.7. The normalized spacial score (nSPS) is 11.9. The Kier molecular flexibility index (Phi) is 31.8. The molecule has 2 rings (SSSR count). The molecule has 0 heterocycles. The van der Waals surface area contributed by atoms with Crippen molar-refractivity contribution in [2.75, 3.05) is 13.9 Å². The fraction of sp³-hybridized carbons (Fsp3) is 0.625. The molecule has 2 aromatic carbocycles. The third-order valence-corrected chi connectivity index (χ3v) is 9.34. The van der Waals surface area contributed by atoms with Crippen molar-refractivity contribution in [1.82, 2.24) is 0 Å². The van der Waals surface area contributed by atoms with Crippen molar-refractivity contribution in [3.05, 3.63) is 54.7 Å². The molecule has 49 heavy (non-hydrogen) atoms. The third-order valence-electron chi connectivity index (χ3n) is 5.93. The van der Waals surface area contributed by atoms with Gasteiger partial charge in [-0.25, -0.2) is 4.57 Å². The summed E-state index contributed by atoms with van der Waals surface area (Å²) in [5.74, 6) is 1.26. The van der Waals surface area contributed by atoms with E-state index in [-0.39, 0.29) is 10.8 Å². The Labute approximate surface area is 338 Å². The first-order valence-corrected chi connectivity index (χ1v) is 27.9. The Morgan fingerprint density at radius 2 is 1.20 bits per heavy atom. The lowest BCUT2D eigenvalue weighted by atomic mass is 9.72. The summed E-state index contributed by atoms with van der Waals surface area (Å²) >= 11 is 4.50. The number of benzene rings is 2. The van der Waals surface area contributed by atoms with Crippen LogP contribution in [0.4, 0.5) is 0 Å². The summed E-state index contributed by atoms with van der Waals surface area (Å²) in [6.07, 6.45) is 2.27. The van der Waals surface area contributed by atoms with E-state index < -0.39 is 15.0 Å². The molecule has 0 aliphatic rings. The van der Waals surface area contributed by atoms with Crippen LogP contribution in [-0.2, 0) is 24.7 Å². The summed E-state index contributed by atoms with van der Waals surface area (Å²) in [4.78, 5) is 24.5. The van der Waals surface area contributed by atoms with Gasteiger partial charge in [-0.3, -0.25) is 9.79 Å². The molecule has 288 valence electrons. The quantitative estimate of drug-likeness (QED) is 0.135. The first-order chi connectivity index (χ1) is 22.5. The van der Waals surface area contributed by atoms with Gasteiger partial charge in [0, 0.05) is 8.48 Å². The Hall–Kier alpha value is 1.82. The van der Waals surface area contributed by atoms with Crippen LogP contribution < -0.4 is 9.63 Å². The van der Waals surface area contributed by atoms with Crippen molar-refractivity contribution in [2.45, 2.75) is 107 Å². The number of phenolic OH excluding ortho intramolecular Hbond substituents is 1. The average molecular weight is 1050 g/mol. The van der Waals surface area contributed by atoms with Crippen molar-refractivity contribution in [1.29, 1.82) is 0 Å². The second kappa shape index (κ2) is 28.3. The summed E-state index contributed by atoms with van der Waals surface area (Å²) in [5, 5.41) is 9.53. The largest absolute Gasteiger partial charge is 0.588 e. The molecule has 3 N–H and O–H groups in total. The highest BCUT2D eigenvalue weighted by Crippen LogP contribution is 2.56. The van der Waals surface area contributed by atoms with Crippen molar-refractivity contribution < 1.29 is 39.8 Å². The number of ether oxygens (including phenoxy) is 2. The van der Waals surface area contributed by atoms with E-state index >= 15 is 0 Å². The summed E-state index contributed by atoms with van der Waals surface area (Å²) in [6.45, 7) is 25.4. The maximum Gasteiger partial charge on any atom is 0.561 e. The van der Waals surface area contributed by atoms with Gasteiger partial charge in [0.25, 0.3) is 0 Å². The van der Waals surface area contributed by atoms with E-state index in [4.69, 9.17) is 20.6 Å². The highest BCUT2D eigenvalue weighted by atomic mass is 127. The fourth-order valence-corrected chi connectivity index (χ4v) is 6.13. The summed E-state index contributed by atoms with van der Waals surface area (Å²) in [7, 11) is 4.00. The Morgan fingerprint density at radius 3 is 1.47 bits per heavy atom. The molecule has 5 atom stereocenters. The molecule has 8 nitrogen and oxygen atoms in total. The molecule has 2 aromatic rings. The van der Waals surface area contributed by atoms with Gasteiger partial charge >= 0.3 is 15.0 Å². The molecule has 0 saturated carbocycles. The Bertz CT molecular complexity index is 1270. The zero-order valence-electron chi connectivity index (χ0n) is 32.1. The molecule has 0 radical (unpaired) electrons. The molecule has 0 spiro atoms. The maximum atomic E-state index is 9.53. The Morgan fingerprint density at radius 1 is 0.878 bits per heavy atom. The molecule has 5 unspecified atom stereocenters. The van der Waals surface area contributed by atoms with Crippen LogP contribution in [0.1, 0.15) is 108 Å². The number of aromatic hydroxyl groups is 1. The minimum atomic E-state index is -4.78. The summed E-state index contributed by atoms with van der Waals surface area (Å²) < 4.78 is 37.5. The molecule has 17 heteroatoms. The van der Waals surface area contributed by atoms with E-state index in [0.29, 0.717) is 30.3 Å². The van der Waals surface area contributed by atoms with Gasteiger partial charge in [0.2, 0.25) is 0 Å². The molecule has 0 aliphatic carbocycles. The van der Waals surface area contributed by atoms with Crippen LogP contribution in [0.15, 0.2) is 36.4 Å². The molecule has 0 amide bonds. The lowest BCUT2D eigenvalue weighted by molar-refractivity contribution is -0.160. The van der Waals surface area contributed by atoms with E-state index in [1.54, 1.807) is 20.1 Å². The number of halogens is 2. The highest BCUT2D eigenvalue weighted by molar-refractivity contribution is 14.1. The Balaban J connectivity index is -0.000000306. The third kappa shape index (κ3) is 29.8. The number of phenols is 1. The van der Waals surface area contributed by atoms with E-state index in [1.165, 1.54) is 11.1 Å². The lowest BCUT2D eigenvalue weighted by Gasteiger charge is -2.33. The van der Waals surface area contributed by atoms with Gasteiger partial charge in [0.05, 0.1) is 7.14 Å². The van der Waals surface area contributed by atoms with Crippen molar-refractivity contribution in [2.24, 2.45) is 10.8 Å². The van der Waals surface area contributed by atoms with Crippen LogP contribution in [-0.4, -0.2) is 28.8 Å². The van der Waals surface area contributed by atoms with Crippen LogP contribution in [0.5, 0.6) is 11.5 Å². The lowest BCUT2D eigenvalue weighted by Crippen LogP contribution is -2.24. The molecular formula is C32H63I2O8P7. The van der Waals surface area contributed by atoms with Crippen LogP contribution in [0, 0.1) is 18.0 Å². The number of hydrogen-bond donors (Lipinski definition) is 3. The number of hydrogen-bond acceptors (Lipinski definition) is 6. The predicted octanol–water partition coefficient (Wildman–Crippen LogP) is 11.8. The number of rotatable bonds is 8. The molecule has 0 fully saturated rings. The minimum absolute atomic E-state index is 0.145. The van der Waals surface area contributed by atoms with E-state index in [1.807, 2.05) is 12.1 Å². The van der Waals surface area contributed by atoms with Crippen molar-refractivity contribution in [3.63, 3.8) is 0 Å². The van der Waals surface area contributed by atoms with Gasteiger partial charge in [0.15, 0.2) is 6.79 Å². The molecule has 0 bridgehead atoms. The average Bonchev–Trinajstić information content (AvgIpc) is 2.93. The molecular weight excluding hydrogens is 983 g/mol. The fourth-order valence-electron chi connectivity index (χ4n) is 4.94. The highest BCUT2D eigenvalue weighted by Gasteiger charge is 2.30.